The van der Waals surface area contributed by atoms with E-state index in [1.165, 1.54) is 11.1 Å². The fraction of sp³-hybridized carbons (Fsp3) is 0.455. The fourth-order valence-corrected chi connectivity index (χ4v) is 2.93. The molecule has 0 amide bonds. The molecule has 2 rings (SSSR count). The first-order valence-electron chi connectivity index (χ1n) is 9.15. The molecule has 0 aliphatic carbocycles. The van der Waals surface area contributed by atoms with Crippen LogP contribution in [0.1, 0.15) is 37.0 Å². The number of benzene rings is 2. The SMILES string of the molecule is CC[C@@H](C)N(Cc1cccc(C)c1)C[C@H](O)COc1ccccc1C. The second kappa shape index (κ2) is 9.59. The highest BCUT2D eigenvalue weighted by Crippen LogP contribution is 2.17. The molecule has 2 aromatic rings. The summed E-state index contributed by atoms with van der Waals surface area (Å²) in [6, 6.07) is 16.9. The van der Waals surface area contributed by atoms with Crippen LogP contribution in [0.3, 0.4) is 0 Å². The van der Waals surface area contributed by atoms with Crippen molar-refractivity contribution in [1.82, 2.24) is 4.90 Å². The summed E-state index contributed by atoms with van der Waals surface area (Å²) in [5, 5.41) is 10.5. The highest BCUT2D eigenvalue weighted by molar-refractivity contribution is 5.31. The van der Waals surface area contributed by atoms with Crippen molar-refractivity contribution in [3.05, 3.63) is 65.2 Å². The largest absolute Gasteiger partial charge is 0.491 e. The minimum absolute atomic E-state index is 0.311. The van der Waals surface area contributed by atoms with Crippen molar-refractivity contribution in [1.29, 1.82) is 0 Å². The maximum absolute atomic E-state index is 10.5. The third kappa shape index (κ3) is 6.18. The van der Waals surface area contributed by atoms with E-state index in [4.69, 9.17) is 4.74 Å². The van der Waals surface area contributed by atoms with Gasteiger partial charge in [0.05, 0.1) is 0 Å². The van der Waals surface area contributed by atoms with Crippen LogP contribution in [-0.4, -0.2) is 35.3 Å². The molecule has 0 aromatic heterocycles. The van der Waals surface area contributed by atoms with E-state index in [0.717, 1.165) is 24.3 Å². The van der Waals surface area contributed by atoms with E-state index in [9.17, 15) is 5.11 Å². The van der Waals surface area contributed by atoms with Crippen LogP contribution in [0, 0.1) is 13.8 Å². The number of aryl methyl sites for hydroxylation is 2. The molecule has 2 aromatic carbocycles. The van der Waals surface area contributed by atoms with Crippen LogP contribution >= 0.6 is 0 Å². The molecule has 0 saturated heterocycles. The first-order valence-corrected chi connectivity index (χ1v) is 9.15. The molecular formula is C22H31NO2. The van der Waals surface area contributed by atoms with Gasteiger partial charge < -0.3 is 9.84 Å². The zero-order valence-electron chi connectivity index (χ0n) is 15.9. The van der Waals surface area contributed by atoms with Crippen molar-refractivity contribution < 1.29 is 9.84 Å². The molecule has 0 fully saturated rings. The Kier molecular flexibility index (Phi) is 7.48. The molecule has 0 unspecified atom stereocenters. The molecule has 2 atom stereocenters. The van der Waals surface area contributed by atoms with Gasteiger partial charge in [0.25, 0.3) is 0 Å². The Bertz CT molecular complexity index is 656. The minimum Gasteiger partial charge on any atom is -0.491 e. The number of aliphatic hydroxyl groups is 1. The van der Waals surface area contributed by atoms with Gasteiger partial charge in [0.1, 0.15) is 18.5 Å². The zero-order valence-corrected chi connectivity index (χ0v) is 15.9. The molecule has 3 heteroatoms. The Morgan fingerprint density at radius 3 is 2.52 bits per heavy atom. The Morgan fingerprint density at radius 2 is 1.84 bits per heavy atom. The molecule has 136 valence electrons. The van der Waals surface area contributed by atoms with Gasteiger partial charge in [0, 0.05) is 19.1 Å². The second-order valence-corrected chi connectivity index (χ2v) is 6.91. The van der Waals surface area contributed by atoms with Gasteiger partial charge in [0.15, 0.2) is 0 Å². The number of aliphatic hydroxyl groups excluding tert-OH is 1. The van der Waals surface area contributed by atoms with Gasteiger partial charge in [-0.15, -0.1) is 0 Å². The van der Waals surface area contributed by atoms with E-state index in [1.807, 2.05) is 31.2 Å². The first kappa shape index (κ1) is 19.5. The third-order valence-electron chi connectivity index (χ3n) is 4.65. The van der Waals surface area contributed by atoms with Crippen LogP contribution in [-0.2, 0) is 6.54 Å². The van der Waals surface area contributed by atoms with Gasteiger partial charge in [-0.05, 0) is 44.4 Å². The fourth-order valence-electron chi connectivity index (χ4n) is 2.93. The zero-order chi connectivity index (χ0) is 18.2. The van der Waals surface area contributed by atoms with E-state index >= 15 is 0 Å². The molecule has 0 saturated carbocycles. The quantitative estimate of drug-likeness (QED) is 0.736. The maximum Gasteiger partial charge on any atom is 0.122 e. The predicted molar refractivity (Wildman–Crippen MR) is 104 cm³/mol. The maximum atomic E-state index is 10.5. The van der Waals surface area contributed by atoms with Crippen molar-refractivity contribution in [2.45, 2.75) is 52.8 Å². The van der Waals surface area contributed by atoms with Gasteiger partial charge in [0.2, 0.25) is 0 Å². The Labute approximate surface area is 152 Å². The number of nitrogens with zero attached hydrogens (tertiary/aromatic N) is 1. The number of hydrogen-bond acceptors (Lipinski definition) is 3. The van der Waals surface area contributed by atoms with E-state index in [1.54, 1.807) is 0 Å². The van der Waals surface area contributed by atoms with Crippen LogP contribution in [0.5, 0.6) is 5.75 Å². The molecule has 0 aliphatic rings. The second-order valence-electron chi connectivity index (χ2n) is 6.91. The van der Waals surface area contributed by atoms with Crippen molar-refractivity contribution in [2.75, 3.05) is 13.2 Å². The van der Waals surface area contributed by atoms with Gasteiger partial charge >= 0.3 is 0 Å². The van der Waals surface area contributed by atoms with Gasteiger partial charge in [-0.1, -0.05) is 55.0 Å². The summed E-state index contributed by atoms with van der Waals surface area (Å²) < 4.78 is 5.81. The summed E-state index contributed by atoms with van der Waals surface area (Å²) in [6.45, 7) is 10.3. The van der Waals surface area contributed by atoms with Crippen molar-refractivity contribution in [2.24, 2.45) is 0 Å². The summed E-state index contributed by atoms with van der Waals surface area (Å²) in [6.07, 6.45) is 0.537. The van der Waals surface area contributed by atoms with E-state index in [-0.39, 0.29) is 0 Å². The van der Waals surface area contributed by atoms with Crippen LogP contribution in [0.4, 0.5) is 0 Å². The van der Waals surface area contributed by atoms with E-state index in [2.05, 4.69) is 49.9 Å². The summed E-state index contributed by atoms with van der Waals surface area (Å²) in [5.74, 6) is 0.843. The molecule has 3 nitrogen and oxygen atoms in total. The van der Waals surface area contributed by atoms with E-state index < -0.39 is 6.10 Å². The van der Waals surface area contributed by atoms with Gasteiger partial charge in [-0.3, -0.25) is 4.90 Å². The molecule has 0 bridgehead atoms. The number of rotatable bonds is 9. The first-order chi connectivity index (χ1) is 12.0. The van der Waals surface area contributed by atoms with Gasteiger partial charge in [-0.2, -0.15) is 0 Å². The van der Waals surface area contributed by atoms with Crippen LogP contribution in [0.15, 0.2) is 48.5 Å². The smallest absolute Gasteiger partial charge is 0.122 e. The summed E-state index contributed by atoms with van der Waals surface area (Å²) >= 11 is 0. The Balaban J connectivity index is 1.95. The van der Waals surface area contributed by atoms with Crippen molar-refractivity contribution >= 4 is 0 Å². The monoisotopic (exact) mass is 341 g/mol. The number of hydrogen-bond donors (Lipinski definition) is 1. The summed E-state index contributed by atoms with van der Waals surface area (Å²) in [4.78, 5) is 2.33. The Hall–Kier alpha value is -1.84. The lowest BCUT2D eigenvalue weighted by atomic mass is 10.1. The lowest BCUT2D eigenvalue weighted by Crippen LogP contribution is -2.40. The normalized spacial score (nSPS) is 13.7. The average Bonchev–Trinajstić information content (AvgIpc) is 2.60. The van der Waals surface area contributed by atoms with Crippen molar-refractivity contribution in [3.8, 4) is 5.75 Å². The molecular weight excluding hydrogens is 310 g/mol. The van der Waals surface area contributed by atoms with Gasteiger partial charge in [-0.25, -0.2) is 0 Å². The number of ether oxygens (including phenoxy) is 1. The van der Waals surface area contributed by atoms with Crippen molar-refractivity contribution in [3.63, 3.8) is 0 Å². The number of para-hydroxylation sites is 1. The Morgan fingerprint density at radius 1 is 1.08 bits per heavy atom. The predicted octanol–water partition coefficient (Wildman–Crippen LogP) is 4.34. The molecule has 0 spiro atoms. The lowest BCUT2D eigenvalue weighted by molar-refractivity contribution is 0.0504. The molecule has 0 aliphatic heterocycles. The topological polar surface area (TPSA) is 32.7 Å². The van der Waals surface area contributed by atoms with Crippen LogP contribution in [0.25, 0.3) is 0 Å². The third-order valence-corrected chi connectivity index (χ3v) is 4.65. The highest BCUT2D eigenvalue weighted by atomic mass is 16.5. The molecule has 0 radical (unpaired) electrons. The minimum atomic E-state index is -0.515. The summed E-state index contributed by atoms with van der Waals surface area (Å²) in [5.41, 5.74) is 3.64. The molecule has 0 heterocycles. The van der Waals surface area contributed by atoms with Crippen LogP contribution in [0.2, 0.25) is 0 Å². The average molecular weight is 341 g/mol. The molecule has 25 heavy (non-hydrogen) atoms. The van der Waals surface area contributed by atoms with E-state index in [0.29, 0.717) is 19.2 Å². The standard InChI is InChI=1S/C22H31NO2/c1-5-19(4)23(14-20-11-8-9-17(2)13-20)15-21(24)16-25-22-12-7-6-10-18(22)3/h6-13,19,21,24H,5,14-16H2,1-4H3/t19-,21+/m1/s1. The van der Waals surface area contributed by atoms with Crippen LogP contribution < -0.4 is 4.74 Å². The molecule has 1 N–H and O–H groups in total. The highest BCUT2D eigenvalue weighted by Gasteiger charge is 2.18. The lowest BCUT2D eigenvalue weighted by Gasteiger charge is -2.30. The summed E-state index contributed by atoms with van der Waals surface area (Å²) in [7, 11) is 0.